The van der Waals surface area contributed by atoms with Crippen LogP contribution in [0.15, 0.2) is 24.5 Å². The van der Waals surface area contributed by atoms with Gasteiger partial charge in [-0.3, -0.25) is 15.2 Å². The lowest BCUT2D eigenvalue weighted by Crippen LogP contribution is -2.13. The zero-order valence-corrected chi connectivity index (χ0v) is 13.8. The first-order valence-electron chi connectivity index (χ1n) is 6.86. The second-order valence-electron chi connectivity index (χ2n) is 4.85. The second-order valence-corrected chi connectivity index (χ2v) is 6.65. The number of carbonyl (C=O) groups excluding carboxylic acids is 1. The first kappa shape index (κ1) is 15.6. The largest absolute Gasteiger partial charge is 0.293 e. The van der Waals surface area contributed by atoms with Gasteiger partial charge in [0, 0.05) is 16.9 Å². The summed E-state index contributed by atoms with van der Waals surface area (Å²) in [6, 6.07) is 3.75. The Labute approximate surface area is 141 Å². The van der Waals surface area contributed by atoms with E-state index in [9.17, 15) is 4.79 Å². The van der Waals surface area contributed by atoms with Crippen molar-refractivity contribution in [3.63, 3.8) is 0 Å². The Morgan fingerprint density at radius 2 is 2.17 bits per heavy atom. The number of aromatic amines is 1. The molecule has 0 radical (unpaired) electrons. The van der Waals surface area contributed by atoms with Gasteiger partial charge in [0.15, 0.2) is 5.82 Å². The molecule has 3 aromatic heterocycles. The van der Waals surface area contributed by atoms with Crippen LogP contribution in [0.3, 0.4) is 0 Å². The van der Waals surface area contributed by atoms with Crippen LogP contribution < -0.4 is 5.32 Å². The molecular formula is C14H13ClN6OS. The number of hydrogen-bond acceptors (Lipinski definition) is 6. The van der Waals surface area contributed by atoms with Crippen LogP contribution >= 0.6 is 22.9 Å². The summed E-state index contributed by atoms with van der Waals surface area (Å²) in [5, 5.41) is 17.1. The SMILES string of the molecule is Cc1cnncc1-c1nc(NC(=O)CCc2ccc(Cl)s2)n[nH]1. The number of aromatic nitrogens is 5. The summed E-state index contributed by atoms with van der Waals surface area (Å²) in [5.74, 6) is 0.632. The zero-order valence-electron chi connectivity index (χ0n) is 12.2. The van der Waals surface area contributed by atoms with Gasteiger partial charge in [0.2, 0.25) is 11.9 Å². The topological polar surface area (TPSA) is 96.5 Å². The summed E-state index contributed by atoms with van der Waals surface area (Å²) >= 11 is 7.34. The van der Waals surface area contributed by atoms with Gasteiger partial charge in [0.25, 0.3) is 0 Å². The number of amides is 1. The van der Waals surface area contributed by atoms with Crippen LogP contribution in [0.5, 0.6) is 0 Å². The smallest absolute Gasteiger partial charge is 0.249 e. The predicted octanol–water partition coefficient (Wildman–Crippen LogP) is 2.86. The normalized spacial score (nSPS) is 10.7. The Morgan fingerprint density at radius 1 is 1.35 bits per heavy atom. The third-order valence-corrected chi connectivity index (χ3v) is 4.44. The Morgan fingerprint density at radius 3 is 2.91 bits per heavy atom. The number of hydrogen-bond donors (Lipinski definition) is 2. The third kappa shape index (κ3) is 3.91. The van der Waals surface area contributed by atoms with Crippen LogP contribution in [0.4, 0.5) is 5.95 Å². The summed E-state index contributed by atoms with van der Waals surface area (Å²) in [6.45, 7) is 1.90. The number of carbonyl (C=O) groups is 1. The van der Waals surface area contributed by atoms with Crippen LogP contribution in [-0.2, 0) is 11.2 Å². The van der Waals surface area contributed by atoms with Gasteiger partial charge in [0.1, 0.15) is 0 Å². The van der Waals surface area contributed by atoms with Crippen molar-refractivity contribution in [2.45, 2.75) is 19.8 Å². The van der Waals surface area contributed by atoms with E-state index in [2.05, 4.69) is 30.7 Å². The summed E-state index contributed by atoms with van der Waals surface area (Å²) < 4.78 is 0.723. The average molecular weight is 349 g/mol. The standard InChI is InChI=1S/C14H13ClN6OS/c1-8-6-16-17-7-10(8)13-19-14(21-20-13)18-12(22)5-3-9-2-4-11(15)23-9/h2,4,6-7H,3,5H2,1H3,(H2,18,19,20,21,22). The van der Waals surface area contributed by atoms with E-state index in [0.717, 1.165) is 20.3 Å². The van der Waals surface area contributed by atoms with Crippen LogP contribution in [0, 0.1) is 6.92 Å². The van der Waals surface area contributed by atoms with Crippen LogP contribution in [0.2, 0.25) is 4.34 Å². The van der Waals surface area contributed by atoms with Gasteiger partial charge >= 0.3 is 0 Å². The maximum atomic E-state index is 11.9. The molecule has 0 saturated carbocycles. The number of halogens is 1. The average Bonchev–Trinajstić information content (AvgIpc) is 3.15. The number of nitrogens with zero attached hydrogens (tertiary/aromatic N) is 4. The highest BCUT2D eigenvalue weighted by molar-refractivity contribution is 7.16. The molecule has 9 heteroatoms. The quantitative estimate of drug-likeness (QED) is 0.739. The Kier molecular flexibility index (Phi) is 4.63. The van der Waals surface area contributed by atoms with E-state index in [1.807, 2.05) is 19.1 Å². The number of anilines is 1. The molecule has 1 amide bonds. The van der Waals surface area contributed by atoms with E-state index < -0.39 is 0 Å². The number of thiophene rings is 1. The number of aryl methyl sites for hydroxylation is 2. The lowest BCUT2D eigenvalue weighted by atomic mass is 10.2. The lowest BCUT2D eigenvalue weighted by Gasteiger charge is -2.00. The maximum absolute atomic E-state index is 11.9. The summed E-state index contributed by atoms with van der Waals surface area (Å²) in [4.78, 5) is 17.3. The molecular weight excluding hydrogens is 336 g/mol. The van der Waals surface area contributed by atoms with Gasteiger partial charge in [-0.1, -0.05) is 11.6 Å². The molecule has 0 aliphatic rings. The van der Waals surface area contributed by atoms with Crippen molar-refractivity contribution in [2.24, 2.45) is 0 Å². The first-order valence-corrected chi connectivity index (χ1v) is 8.05. The number of rotatable bonds is 5. The van der Waals surface area contributed by atoms with E-state index in [1.54, 1.807) is 12.4 Å². The molecule has 3 aromatic rings. The molecule has 0 aliphatic heterocycles. The van der Waals surface area contributed by atoms with Gasteiger partial charge < -0.3 is 0 Å². The minimum atomic E-state index is -0.148. The molecule has 0 saturated heterocycles. The first-order chi connectivity index (χ1) is 11.1. The monoisotopic (exact) mass is 348 g/mol. The van der Waals surface area contributed by atoms with Gasteiger partial charge in [-0.05, 0) is 31.0 Å². The fourth-order valence-electron chi connectivity index (χ4n) is 1.98. The van der Waals surface area contributed by atoms with Gasteiger partial charge in [-0.2, -0.15) is 15.2 Å². The van der Waals surface area contributed by atoms with Crippen LogP contribution in [0.1, 0.15) is 16.9 Å². The Hall–Kier alpha value is -2.32. The Bertz CT molecular complexity index is 830. The van der Waals surface area contributed by atoms with E-state index in [-0.39, 0.29) is 11.9 Å². The molecule has 0 atom stereocenters. The molecule has 0 bridgehead atoms. The minimum Gasteiger partial charge on any atom is -0.293 e. The predicted molar refractivity (Wildman–Crippen MR) is 88.4 cm³/mol. The molecule has 7 nitrogen and oxygen atoms in total. The summed E-state index contributed by atoms with van der Waals surface area (Å²) in [5.41, 5.74) is 1.71. The van der Waals surface area contributed by atoms with Gasteiger partial charge in [-0.15, -0.1) is 16.4 Å². The molecule has 0 aliphatic carbocycles. The lowest BCUT2D eigenvalue weighted by molar-refractivity contribution is -0.116. The fraction of sp³-hybridized carbons (Fsp3) is 0.214. The fourth-order valence-corrected chi connectivity index (χ4v) is 3.07. The van der Waals surface area contributed by atoms with Crippen molar-refractivity contribution < 1.29 is 4.79 Å². The van der Waals surface area contributed by atoms with Crippen molar-refractivity contribution in [3.8, 4) is 11.4 Å². The molecule has 0 unspecified atom stereocenters. The van der Waals surface area contributed by atoms with E-state index >= 15 is 0 Å². The Balaban J connectivity index is 1.60. The third-order valence-electron chi connectivity index (χ3n) is 3.15. The van der Waals surface area contributed by atoms with Crippen LogP contribution in [0.25, 0.3) is 11.4 Å². The molecule has 0 spiro atoms. The van der Waals surface area contributed by atoms with Gasteiger partial charge in [0.05, 0.1) is 16.7 Å². The van der Waals surface area contributed by atoms with Crippen molar-refractivity contribution in [2.75, 3.05) is 5.32 Å². The van der Waals surface area contributed by atoms with E-state index in [0.29, 0.717) is 18.7 Å². The maximum Gasteiger partial charge on any atom is 0.249 e. The second kappa shape index (κ2) is 6.84. The number of nitrogens with one attached hydrogen (secondary N) is 2. The van der Waals surface area contributed by atoms with Gasteiger partial charge in [-0.25, -0.2) is 0 Å². The van der Waals surface area contributed by atoms with Crippen molar-refractivity contribution in [3.05, 3.63) is 39.3 Å². The number of H-pyrrole nitrogens is 1. The highest BCUT2D eigenvalue weighted by Crippen LogP contribution is 2.22. The molecule has 3 rings (SSSR count). The van der Waals surface area contributed by atoms with Crippen molar-refractivity contribution in [1.82, 2.24) is 25.4 Å². The van der Waals surface area contributed by atoms with Crippen LogP contribution in [-0.4, -0.2) is 31.3 Å². The summed E-state index contributed by atoms with van der Waals surface area (Å²) in [7, 11) is 0. The molecule has 0 fully saturated rings. The van der Waals surface area contributed by atoms with E-state index in [4.69, 9.17) is 11.6 Å². The highest BCUT2D eigenvalue weighted by atomic mass is 35.5. The summed E-state index contributed by atoms with van der Waals surface area (Å²) in [6.07, 6.45) is 4.22. The highest BCUT2D eigenvalue weighted by Gasteiger charge is 2.11. The van der Waals surface area contributed by atoms with Crippen molar-refractivity contribution in [1.29, 1.82) is 0 Å². The molecule has 0 aromatic carbocycles. The molecule has 3 heterocycles. The van der Waals surface area contributed by atoms with E-state index in [1.165, 1.54) is 11.3 Å². The zero-order chi connectivity index (χ0) is 16.2. The van der Waals surface area contributed by atoms with Crippen molar-refractivity contribution >= 4 is 34.8 Å². The molecule has 118 valence electrons. The minimum absolute atomic E-state index is 0.148. The molecule has 23 heavy (non-hydrogen) atoms. The molecule has 2 N–H and O–H groups in total.